The van der Waals surface area contributed by atoms with Crippen molar-refractivity contribution >= 4 is 23.3 Å². The highest BCUT2D eigenvalue weighted by Crippen LogP contribution is 2.25. The van der Waals surface area contributed by atoms with Crippen LogP contribution in [0.4, 0.5) is 11.4 Å². The van der Waals surface area contributed by atoms with E-state index in [0.717, 1.165) is 28.5 Å². The van der Waals surface area contributed by atoms with Crippen LogP contribution in [-0.4, -0.2) is 39.0 Å². The third-order valence-electron chi connectivity index (χ3n) is 5.17. The number of hydrogen-bond donors (Lipinski definition) is 2. The molecular formula is C27H24N4O6. The van der Waals surface area contributed by atoms with E-state index in [2.05, 4.69) is 14.7 Å². The number of aromatic nitrogens is 2. The Balaban J connectivity index is 0.000000206. The van der Waals surface area contributed by atoms with Crippen LogP contribution in [0.3, 0.4) is 0 Å². The number of aryl methyl sites for hydroxylation is 2. The van der Waals surface area contributed by atoms with E-state index >= 15 is 0 Å². The maximum Gasteiger partial charge on any atom is 0.337 e. The Kier molecular flexibility index (Phi) is 8.26. The molecular weight excluding hydrogens is 476 g/mol. The van der Waals surface area contributed by atoms with Crippen LogP contribution in [0.2, 0.25) is 0 Å². The Morgan fingerprint density at radius 1 is 0.865 bits per heavy atom. The molecule has 0 amide bonds. The first-order valence-electron chi connectivity index (χ1n) is 10.9. The molecule has 0 saturated carbocycles. The quantitative estimate of drug-likeness (QED) is 0.165. The molecule has 4 rings (SSSR count). The first-order chi connectivity index (χ1) is 17.6. The first-order valence-corrected chi connectivity index (χ1v) is 10.9. The number of esters is 1. The molecule has 2 heterocycles. The molecule has 188 valence electrons. The van der Waals surface area contributed by atoms with Crippen LogP contribution >= 0.6 is 0 Å². The first kappa shape index (κ1) is 26.5. The van der Waals surface area contributed by atoms with Crippen LogP contribution < -0.4 is 5.73 Å². The lowest BCUT2D eigenvalue weighted by atomic mass is 10.1. The minimum atomic E-state index is -1.21. The van der Waals surface area contributed by atoms with Gasteiger partial charge >= 0.3 is 11.9 Å². The molecule has 0 radical (unpaired) electrons. The Hall–Kier alpha value is -5.12. The van der Waals surface area contributed by atoms with Gasteiger partial charge in [-0.1, -0.05) is 12.1 Å². The number of benzene rings is 2. The number of methoxy groups -OCH3 is 1. The molecule has 0 atom stereocenters. The Morgan fingerprint density at radius 3 is 1.86 bits per heavy atom. The number of non-ortho nitro benzene ring substituents is 1. The molecule has 3 N–H and O–H groups in total. The lowest BCUT2D eigenvalue weighted by Gasteiger charge is -2.06. The summed E-state index contributed by atoms with van der Waals surface area (Å²) in [5.74, 6) is -1.62. The highest BCUT2D eigenvalue weighted by Gasteiger charge is 2.15. The monoisotopic (exact) mass is 500 g/mol. The van der Waals surface area contributed by atoms with Gasteiger partial charge in [0.25, 0.3) is 5.69 Å². The van der Waals surface area contributed by atoms with Crippen molar-refractivity contribution in [2.24, 2.45) is 0 Å². The van der Waals surface area contributed by atoms with E-state index in [0.29, 0.717) is 22.5 Å². The van der Waals surface area contributed by atoms with Crippen LogP contribution in [0.5, 0.6) is 0 Å². The number of aromatic carboxylic acids is 1. The third-order valence-corrected chi connectivity index (χ3v) is 5.17. The fourth-order valence-corrected chi connectivity index (χ4v) is 3.30. The molecule has 0 aliphatic carbocycles. The number of nitrogens with two attached hydrogens (primary N) is 1. The third kappa shape index (κ3) is 6.95. The molecule has 10 heteroatoms. The van der Waals surface area contributed by atoms with Gasteiger partial charge in [0.15, 0.2) is 0 Å². The van der Waals surface area contributed by atoms with Crippen LogP contribution in [-0.2, 0) is 4.74 Å². The second-order valence-electron chi connectivity index (χ2n) is 8.11. The Bertz CT molecular complexity index is 1420. The number of carbonyl (C=O) groups excluding carboxylic acids is 1. The predicted octanol–water partition coefficient (Wildman–Crippen LogP) is 5.09. The topological polar surface area (TPSA) is 159 Å². The number of anilines is 1. The second-order valence-corrected chi connectivity index (χ2v) is 8.11. The number of nitrogen functional groups attached to an aromatic ring is 1. The number of carbonyl (C=O) groups is 2. The largest absolute Gasteiger partial charge is 0.478 e. The Labute approximate surface area is 212 Å². The average Bonchev–Trinajstić information content (AvgIpc) is 2.88. The van der Waals surface area contributed by atoms with Gasteiger partial charge in [0.05, 0.1) is 34.5 Å². The van der Waals surface area contributed by atoms with Gasteiger partial charge in [-0.2, -0.15) is 0 Å². The van der Waals surface area contributed by atoms with Crippen molar-refractivity contribution in [2.75, 3.05) is 12.8 Å². The summed E-state index contributed by atoms with van der Waals surface area (Å²) in [6.45, 7) is 3.84. The summed E-state index contributed by atoms with van der Waals surface area (Å²) in [5.41, 5.74) is 10.8. The van der Waals surface area contributed by atoms with Crippen molar-refractivity contribution in [3.05, 3.63) is 105 Å². The van der Waals surface area contributed by atoms with Gasteiger partial charge in [-0.25, -0.2) is 9.59 Å². The summed E-state index contributed by atoms with van der Waals surface area (Å²) >= 11 is 0. The van der Waals surface area contributed by atoms with Crippen LogP contribution in [0, 0.1) is 24.0 Å². The zero-order valence-corrected chi connectivity index (χ0v) is 20.3. The molecule has 0 bridgehead atoms. The van der Waals surface area contributed by atoms with Gasteiger partial charge in [0.2, 0.25) is 0 Å². The van der Waals surface area contributed by atoms with Crippen molar-refractivity contribution in [1.82, 2.24) is 9.97 Å². The molecule has 2 aromatic heterocycles. The van der Waals surface area contributed by atoms with E-state index in [1.807, 2.05) is 32.0 Å². The van der Waals surface area contributed by atoms with Crippen molar-refractivity contribution in [3.8, 4) is 22.5 Å². The molecule has 0 aliphatic rings. The minimum Gasteiger partial charge on any atom is -0.478 e. The summed E-state index contributed by atoms with van der Waals surface area (Å²) in [4.78, 5) is 41.1. The minimum absolute atomic E-state index is 0.133. The molecule has 0 saturated heterocycles. The van der Waals surface area contributed by atoms with Gasteiger partial charge in [0.1, 0.15) is 0 Å². The maximum atomic E-state index is 11.5. The smallest absolute Gasteiger partial charge is 0.337 e. The van der Waals surface area contributed by atoms with Crippen LogP contribution in [0.25, 0.3) is 22.5 Å². The van der Waals surface area contributed by atoms with Gasteiger partial charge in [-0.05, 0) is 61.4 Å². The molecule has 37 heavy (non-hydrogen) atoms. The molecule has 4 aromatic rings. The molecule has 10 nitrogen and oxygen atoms in total. The van der Waals surface area contributed by atoms with Gasteiger partial charge in [-0.15, -0.1) is 0 Å². The zero-order chi connectivity index (χ0) is 27.1. The summed E-state index contributed by atoms with van der Waals surface area (Å²) in [7, 11) is 1.34. The van der Waals surface area contributed by atoms with E-state index < -0.39 is 16.9 Å². The van der Waals surface area contributed by atoms with E-state index in [-0.39, 0.29) is 11.3 Å². The number of pyridine rings is 2. The van der Waals surface area contributed by atoms with Crippen molar-refractivity contribution in [2.45, 2.75) is 13.8 Å². The normalized spacial score (nSPS) is 10.1. The van der Waals surface area contributed by atoms with Gasteiger partial charge in [0, 0.05) is 41.3 Å². The fraction of sp³-hybridized carbons (Fsp3) is 0.111. The zero-order valence-electron chi connectivity index (χ0n) is 20.3. The van der Waals surface area contributed by atoms with Crippen LogP contribution in [0.15, 0.2) is 73.1 Å². The number of hydrogen-bond acceptors (Lipinski definition) is 8. The molecule has 0 aliphatic heterocycles. The summed E-state index contributed by atoms with van der Waals surface area (Å²) in [6, 6.07) is 16.2. The standard InChI is InChI=1S/C14H14N2O2.C13H10N2O4/c1-9-3-4-13(16-8-9)10-5-11(14(17)18-2)7-12(15)6-10;1-8-2-3-12(14-7-8)9-4-10(13(16)17)6-11(5-9)15(18)19/h3-8H,15H2,1-2H3;2-7H,1H3,(H,16,17). The average molecular weight is 501 g/mol. The maximum absolute atomic E-state index is 11.5. The van der Waals surface area contributed by atoms with Crippen molar-refractivity contribution in [3.63, 3.8) is 0 Å². The molecule has 2 aromatic carbocycles. The summed E-state index contributed by atoms with van der Waals surface area (Å²) < 4.78 is 4.69. The molecule has 0 unspecified atom stereocenters. The number of nitro groups is 1. The van der Waals surface area contributed by atoms with Gasteiger partial charge < -0.3 is 15.6 Å². The lowest BCUT2D eigenvalue weighted by molar-refractivity contribution is -0.384. The highest BCUT2D eigenvalue weighted by atomic mass is 16.6. The SMILES string of the molecule is COC(=O)c1cc(N)cc(-c2ccc(C)cn2)c1.Cc1ccc(-c2cc(C(=O)O)cc([N+](=O)[O-])c2)nc1. The van der Waals surface area contributed by atoms with E-state index in [1.165, 1.54) is 19.2 Å². The van der Waals surface area contributed by atoms with E-state index in [1.54, 1.807) is 36.7 Å². The second kappa shape index (κ2) is 11.5. The summed E-state index contributed by atoms with van der Waals surface area (Å²) in [6.07, 6.45) is 3.39. The Morgan fingerprint density at radius 2 is 1.41 bits per heavy atom. The van der Waals surface area contributed by atoms with Crippen molar-refractivity contribution < 1.29 is 24.4 Å². The number of carboxylic acids is 1. The van der Waals surface area contributed by atoms with Crippen molar-refractivity contribution in [1.29, 1.82) is 0 Å². The number of ether oxygens (including phenoxy) is 1. The molecule has 0 spiro atoms. The fourth-order valence-electron chi connectivity index (χ4n) is 3.30. The van der Waals surface area contributed by atoms with E-state index in [4.69, 9.17) is 10.8 Å². The molecule has 0 fully saturated rings. The number of nitro benzene ring substituents is 1. The number of nitrogens with zero attached hydrogens (tertiary/aromatic N) is 3. The highest BCUT2D eigenvalue weighted by molar-refractivity contribution is 5.92. The number of carboxylic acid groups (broad SMARTS) is 1. The van der Waals surface area contributed by atoms with Gasteiger partial charge in [-0.3, -0.25) is 20.1 Å². The number of rotatable bonds is 5. The van der Waals surface area contributed by atoms with Crippen LogP contribution in [0.1, 0.15) is 31.8 Å². The summed E-state index contributed by atoms with van der Waals surface area (Å²) in [5, 5.41) is 19.8. The lowest BCUT2D eigenvalue weighted by Crippen LogP contribution is -2.02. The van der Waals surface area contributed by atoms with E-state index in [9.17, 15) is 19.7 Å². The predicted molar refractivity (Wildman–Crippen MR) is 138 cm³/mol.